The zero-order chi connectivity index (χ0) is 12.5. The quantitative estimate of drug-likeness (QED) is 0.630. The summed E-state index contributed by atoms with van der Waals surface area (Å²) < 4.78 is 5.64. The molecule has 1 saturated carbocycles. The lowest BCUT2D eigenvalue weighted by atomic mass is 10.3. The first-order valence-electron chi connectivity index (χ1n) is 6.28. The average molecular weight is 243 g/mol. The van der Waals surface area contributed by atoms with Crippen molar-refractivity contribution in [3.63, 3.8) is 0 Å². The van der Waals surface area contributed by atoms with Gasteiger partial charge < -0.3 is 15.2 Å². The van der Waals surface area contributed by atoms with E-state index >= 15 is 0 Å². The molecule has 1 aliphatic carbocycles. The van der Waals surface area contributed by atoms with Gasteiger partial charge in [-0.25, -0.2) is 0 Å². The number of aliphatic carboxylic acids is 1. The van der Waals surface area contributed by atoms with Crippen molar-refractivity contribution < 1.29 is 19.4 Å². The van der Waals surface area contributed by atoms with E-state index in [1.54, 1.807) is 0 Å². The fourth-order valence-electron chi connectivity index (χ4n) is 1.91. The highest BCUT2D eigenvalue weighted by Crippen LogP contribution is 2.20. The van der Waals surface area contributed by atoms with Gasteiger partial charge in [-0.3, -0.25) is 9.59 Å². The summed E-state index contributed by atoms with van der Waals surface area (Å²) in [6.45, 7) is 1.23. The van der Waals surface area contributed by atoms with Crippen LogP contribution in [0.5, 0.6) is 0 Å². The highest BCUT2D eigenvalue weighted by Gasteiger charge is 2.14. The molecule has 0 aromatic carbocycles. The number of carboxylic acids is 1. The van der Waals surface area contributed by atoms with Crippen LogP contribution >= 0.6 is 0 Å². The van der Waals surface area contributed by atoms with Crippen LogP contribution in [0.1, 0.15) is 44.9 Å². The SMILES string of the molecule is O=C(O)CCC(=O)NCCCOC1CCCC1. The molecule has 1 aliphatic rings. The Balaban J connectivity index is 1.89. The van der Waals surface area contributed by atoms with E-state index in [2.05, 4.69) is 5.32 Å². The molecule has 0 aromatic rings. The molecule has 0 unspecified atom stereocenters. The van der Waals surface area contributed by atoms with Crippen LogP contribution in [-0.4, -0.2) is 36.2 Å². The zero-order valence-corrected chi connectivity index (χ0v) is 10.1. The van der Waals surface area contributed by atoms with Crippen LogP contribution in [0.4, 0.5) is 0 Å². The van der Waals surface area contributed by atoms with Crippen LogP contribution in [0.15, 0.2) is 0 Å². The third-order valence-corrected chi connectivity index (χ3v) is 2.86. The number of ether oxygens (including phenoxy) is 1. The van der Waals surface area contributed by atoms with Crippen LogP contribution in [0.3, 0.4) is 0 Å². The zero-order valence-electron chi connectivity index (χ0n) is 10.1. The predicted molar refractivity (Wildman–Crippen MR) is 62.7 cm³/mol. The summed E-state index contributed by atoms with van der Waals surface area (Å²) in [6.07, 6.45) is 5.99. The first-order valence-corrected chi connectivity index (χ1v) is 6.28. The molecule has 0 bridgehead atoms. The largest absolute Gasteiger partial charge is 0.481 e. The van der Waals surface area contributed by atoms with E-state index in [0.29, 0.717) is 19.3 Å². The fraction of sp³-hybridized carbons (Fsp3) is 0.833. The van der Waals surface area contributed by atoms with Gasteiger partial charge in [-0.1, -0.05) is 12.8 Å². The third-order valence-electron chi connectivity index (χ3n) is 2.86. The van der Waals surface area contributed by atoms with Gasteiger partial charge in [-0.05, 0) is 19.3 Å². The van der Waals surface area contributed by atoms with Crippen molar-refractivity contribution in [2.24, 2.45) is 0 Å². The van der Waals surface area contributed by atoms with E-state index in [9.17, 15) is 9.59 Å². The van der Waals surface area contributed by atoms with E-state index in [1.165, 1.54) is 12.8 Å². The van der Waals surface area contributed by atoms with Crippen molar-refractivity contribution in [2.75, 3.05) is 13.2 Å². The molecule has 1 fully saturated rings. The van der Waals surface area contributed by atoms with Gasteiger partial charge in [0.2, 0.25) is 5.91 Å². The Morgan fingerprint density at radius 3 is 2.59 bits per heavy atom. The standard InChI is InChI=1S/C12H21NO4/c14-11(6-7-12(15)16)13-8-3-9-17-10-4-1-2-5-10/h10H,1-9H2,(H,13,14)(H,15,16). The van der Waals surface area contributed by atoms with Crippen molar-refractivity contribution in [1.29, 1.82) is 0 Å². The van der Waals surface area contributed by atoms with Gasteiger partial charge in [-0.15, -0.1) is 0 Å². The molecule has 1 amide bonds. The van der Waals surface area contributed by atoms with Crippen molar-refractivity contribution in [3.05, 3.63) is 0 Å². The van der Waals surface area contributed by atoms with E-state index in [0.717, 1.165) is 19.3 Å². The Morgan fingerprint density at radius 2 is 1.94 bits per heavy atom. The first kappa shape index (κ1) is 14.0. The minimum Gasteiger partial charge on any atom is -0.481 e. The molecule has 0 aromatic heterocycles. The summed E-state index contributed by atoms with van der Waals surface area (Å²) in [5.74, 6) is -1.14. The topological polar surface area (TPSA) is 75.6 Å². The van der Waals surface area contributed by atoms with E-state index in [4.69, 9.17) is 9.84 Å². The molecule has 0 radical (unpaired) electrons. The number of nitrogens with one attached hydrogen (secondary N) is 1. The van der Waals surface area contributed by atoms with E-state index < -0.39 is 5.97 Å². The molecule has 17 heavy (non-hydrogen) atoms. The highest BCUT2D eigenvalue weighted by molar-refractivity contribution is 5.80. The minimum absolute atomic E-state index is 0.0544. The maximum Gasteiger partial charge on any atom is 0.303 e. The van der Waals surface area contributed by atoms with Crippen LogP contribution in [0, 0.1) is 0 Å². The lowest BCUT2D eigenvalue weighted by Gasteiger charge is -2.10. The maximum absolute atomic E-state index is 11.2. The van der Waals surface area contributed by atoms with Crippen LogP contribution in [0.25, 0.3) is 0 Å². The molecule has 5 heteroatoms. The van der Waals surface area contributed by atoms with Gasteiger partial charge in [0.05, 0.1) is 12.5 Å². The number of amides is 1. The Labute approximate surface area is 102 Å². The molecule has 0 heterocycles. The highest BCUT2D eigenvalue weighted by atomic mass is 16.5. The molecule has 0 aliphatic heterocycles. The second-order valence-electron chi connectivity index (χ2n) is 4.37. The molecule has 2 N–H and O–H groups in total. The summed E-state index contributed by atoms with van der Waals surface area (Å²) in [6, 6.07) is 0. The minimum atomic E-state index is -0.940. The van der Waals surface area contributed by atoms with Crippen molar-refractivity contribution in [2.45, 2.75) is 51.0 Å². The molecule has 5 nitrogen and oxygen atoms in total. The Morgan fingerprint density at radius 1 is 1.24 bits per heavy atom. The Kier molecular flexibility index (Phi) is 6.62. The van der Waals surface area contributed by atoms with Gasteiger partial charge in [0, 0.05) is 19.6 Å². The Hall–Kier alpha value is -1.10. The summed E-state index contributed by atoms with van der Waals surface area (Å²) in [7, 11) is 0. The predicted octanol–water partition coefficient (Wildman–Crippen LogP) is 1.32. The summed E-state index contributed by atoms with van der Waals surface area (Å²) in [5.41, 5.74) is 0. The normalized spacial score (nSPS) is 16.0. The molecular weight excluding hydrogens is 222 g/mol. The molecule has 0 saturated heterocycles. The van der Waals surface area contributed by atoms with Crippen molar-refractivity contribution in [1.82, 2.24) is 5.32 Å². The van der Waals surface area contributed by atoms with Gasteiger partial charge in [0.1, 0.15) is 0 Å². The lowest BCUT2D eigenvalue weighted by molar-refractivity contribution is -0.138. The smallest absolute Gasteiger partial charge is 0.303 e. The summed E-state index contributed by atoms with van der Waals surface area (Å²) in [4.78, 5) is 21.4. The van der Waals surface area contributed by atoms with Gasteiger partial charge in [-0.2, -0.15) is 0 Å². The number of hydrogen-bond donors (Lipinski definition) is 2. The molecule has 0 atom stereocenters. The van der Waals surface area contributed by atoms with E-state index in [-0.39, 0.29) is 18.7 Å². The number of hydrogen-bond acceptors (Lipinski definition) is 3. The van der Waals surface area contributed by atoms with Gasteiger partial charge in [0.15, 0.2) is 0 Å². The van der Waals surface area contributed by atoms with Crippen molar-refractivity contribution in [3.8, 4) is 0 Å². The monoisotopic (exact) mass is 243 g/mol. The molecule has 0 spiro atoms. The van der Waals surface area contributed by atoms with Gasteiger partial charge >= 0.3 is 5.97 Å². The van der Waals surface area contributed by atoms with Crippen LogP contribution in [-0.2, 0) is 14.3 Å². The maximum atomic E-state index is 11.2. The van der Waals surface area contributed by atoms with Crippen LogP contribution < -0.4 is 5.32 Å². The summed E-state index contributed by atoms with van der Waals surface area (Å²) in [5, 5.41) is 11.1. The molecular formula is C12H21NO4. The van der Waals surface area contributed by atoms with E-state index in [1.807, 2.05) is 0 Å². The third kappa shape index (κ3) is 6.94. The van der Waals surface area contributed by atoms with Crippen LogP contribution in [0.2, 0.25) is 0 Å². The summed E-state index contributed by atoms with van der Waals surface area (Å²) >= 11 is 0. The number of carboxylic acid groups (broad SMARTS) is 1. The molecule has 1 rings (SSSR count). The van der Waals surface area contributed by atoms with Crippen molar-refractivity contribution >= 4 is 11.9 Å². The first-order chi connectivity index (χ1) is 8.18. The number of carbonyl (C=O) groups is 2. The molecule has 98 valence electrons. The lowest BCUT2D eigenvalue weighted by Crippen LogP contribution is -2.26. The Bertz CT molecular complexity index is 249. The van der Waals surface area contributed by atoms with Gasteiger partial charge in [0.25, 0.3) is 0 Å². The fourth-order valence-corrected chi connectivity index (χ4v) is 1.91. The average Bonchev–Trinajstić information content (AvgIpc) is 2.79. The second kappa shape index (κ2) is 8.06. The second-order valence-corrected chi connectivity index (χ2v) is 4.37. The number of rotatable bonds is 8. The number of carbonyl (C=O) groups excluding carboxylic acids is 1.